The number of nitrogens with zero attached hydrogens (tertiary/aromatic N) is 2. The molecule has 0 amide bonds. The lowest BCUT2D eigenvalue weighted by Gasteiger charge is -2.49. The summed E-state index contributed by atoms with van der Waals surface area (Å²) in [4.78, 5) is 5.40. The zero-order valence-corrected chi connectivity index (χ0v) is 37.9. The van der Waals surface area contributed by atoms with E-state index in [2.05, 4.69) is 199 Å². The number of hydrogen-bond donors (Lipinski definition) is 0. The maximum absolute atomic E-state index is 2.70. The molecule has 310 valence electrons. The van der Waals surface area contributed by atoms with E-state index in [9.17, 15) is 0 Å². The van der Waals surface area contributed by atoms with Crippen LogP contribution in [-0.4, -0.2) is 11.1 Å². The normalized spacial score (nSPS) is 26.3. The second-order valence-corrected chi connectivity index (χ2v) is 22.3. The minimum atomic E-state index is 0.0758. The van der Waals surface area contributed by atoms with Gasteiger partial charge in [0.1, 0.15) is 0 Å². The Hall–Kier alpha value is -5.08. The van der Waals surface area contributed by atoms with Gasteiger partial charge in [-0.3, -0.25) is 0 Å². The van der Waals surface area contributed by atoms with Crippen LogP contribution >= 0.6 is 0 Å². The van der Waals surface area contributed by atoms with Gasteiger partial charge in [0.05, 0.1) is 0 Å². The molecule has 5 aliphatic rings. The lowest BCUT2D eigenvalue weighted by molar-refractivity contribution is 0.127. The SMILES string of the molecule is CC(C)(C)C1CCC2(C)C(C1)c1cc(-c3ccc4c(c3)Cc3cc(-c5ccc6c(c5)C5CC(C(C)(C)C)CCC5(C)N6c5ccccc5)ccc3-4)ccc1N2c1ccccc1. The molecule has 11 rings (SSSR count). The maximum Gasteiger partial charge on any atom is 0.0492 e. The molecule has 2 nitrogen and oxygen atoms in total. The second-order valence-electron chi connectivity index (χ2n) is 22.3. The fraction of sp³-hybridized carbons (Fsp3) is 0.390. The Labute approximate surface area is 366 Å². The van der Waals surface area contributed by atoms with Crippen molar-refractivity contribution in [1.82, 2.24) is 0 Å². The fourth-order valence-corrected chi connectivity index (χ4v) is 13.2. The lowest BCUT2D eigenvalue weighted by atomic mass is 9.62. The van der Waals surface area contributed by atoms with Crippen molar-refractivity contribution in [3.63, 3.8) is 0 Å². The van der Waals surface area contributed by atoms with Crippen LogP contribution in [0.4, 0.5) is 22.7 Å². The van der Waals surface area contributed by atoms with Gasteiger partial charge in [0.2, 0.25) is 0 Å². The van der Waals surface area contributed by atoms with E-state index in [1.54, 1.807) is 0 Å². The Morgan fingerprint density at radius 1 is 0.459 bits per heavy atom. The smallest absolute Gasteiger partial charge is 0.0492 e. The third-order valence-electron chi connectivity index (χ3n) is 16.9. The fourth-order valence-electron chi connectivity index (χ4n) is 13.2. The van der Waals surface area contributed by atoms with Crippen LogP contribution in [0.1, 0.15) is 128 Å². The zero-order chi connectivity index (χ0) is 42.1. The van der Waals surface area contributed by atoms with Crippen LogP contribution in [-0.2, 0) is 6.42 Å². The molecule has 2 fully saturated rings. The monoisotopic (exact) mass is 801 g/mol. The Morgan fingerprint density at radius 2 is 0.836 bits per heavy atom. The molecule has 0 bridgehead atoms. The van der Waals surface area contributed by atoms with Crippen molar-refractivity contribution in [3.05, 3.63) is 156 Å². The van der Waals surface area contributed by atoms with Gasteiger partial charge in [-0.15, -0.1) is 0 Å². The first-order valence-corrected chi connectivity index (χ1v) is 23.5. The van der Waals surface area contributed by atoms with Crippen molar-refractivity contribution < 1.29 is 0 Å². The number of hydrogen-bond acceptors (Lipinski definition) is 2. The molecule has 6 aromatic rings. The summed E-state index contributed by atoms with van der Waals surface area (Å²) in [7, 11) is 0. The van der Waals surface area contributed by atoms with Gasteiger partial charge in [0, 0.05) is 45.7 Å². The molecule has 0 N–H and O–H groups in total. The van der Waals surface area contributed by atoms with Crippen LogP contribution in [0.25, 0.3) is 33.4 Å². The molecule has 6 aromatic carbocycles. The van der Waals surface area contributed by atoms with Crippen molar-refractivity contribution in [2.45, 2.75) is 123 Å². The van der Waals surface area contributed by atoms with E-state index in [1.165, 1.54) is 117 Å². The second kappa shape index (κ2) is 13.7. The van der Waals surface area contributed by atoms with E-state index in [-0.39, 0.29) is 11.1 Å². The number of para-hydroxylation sites is 2. The lowest BCUT2D eigenvalue weighted by Crippen LogP contribution is -2.48. The number of fused-ring (bicyclic) bond motifs is 9. The van der Waals surface area contributed by atoms with Crippen LogP contribution < -0.4 is 9.80 Å². The molecule has 2 saturated carbocycles. The Morgan fingerprint density at radius 3 is 1.23 bits per heavy atom. The molecule has 2 heterocycles. The molecule has 6 unspecified atom stereocenters. The van der Waals surface area contributed by atoms with Crippen molar-refractivity contribution in [1.29, 1.82) is 0 Å². The minimum Gasteiger partial charge on any atom is -0.335 e. The Kier molecular flexibility index (Phi) is 8.72. The summed E-state index contributed by atoms with van der Waals surface area (Å²) in [5.41, 5.74) is 20.3. The van der Waals surface area contributed by atoms with Crippen LogP contribution in [0.5, 0.6) is 0 Å². The van der Waals surface area contributed by atoms with Crippen LogP contribution in [0.15, 0.2) is 133 Å². The van der Waals surface area contributed by atoms with Gasteiger partial charge >= 0.3 is 0 Å². The summed E-state index contributed by atoms with van der Waals surface area (Å²) in [6.07, 6.45) is 8.46. The van der Waals surface area contributed by atoms with E-state index in [4.69, 9.17) is 0 Å². The largest absolute Gasteiger partial charge is 0.335 e. The number of anilines is 4. The molecular formula is C59H64N2. The van der Waals surface area contributed by atoms with Crippen molar-refractivity contribution >= 4 is 22.7 Å². The molecule has 0 spiro atoms. The number of rotatable bonds is 4. The van der Waals surface area contributed by atoms with Crippen molar-refractivity contribution in [3.8, 4) is 33.4 Å². The van der Waals surface area contributed by atoms with Gasteiger partial charge in [-0.25, -0.2) is 0 Å². The van der Waals surface area contributed by atoms with Crippen LogP contribution in [0.3, 0.4) is 0 Å². The molecule has 0 saturated heterocycles. The maximum atomic E-state index is 2.70. The average molecular weight is 801 g/mol. The molecule has 3 aliphatic carbocycles. The molecular weight excluding hydrogens is 737 g/mol. The van der Waals surface area contributed by atoms with Crippen LogP contribution in [0.2, 0.25) is 0 Å². The summed E-state index contributed by atoms with van der Waals surface area (Å²) in [6.45, 7) is 19.8. The van der Waals surface area contributed by atoms with Crippen LogP contribution in [0, 0.1) is 22.7 Å². The summed E-state index contributed by atoms with van der Waals surface area (Å²) >= 11 is 0. The van der Waals surface area contributed by atoms with Gasteiger partial charge in [0.25, 0.3) is 0 Å². The predicted octanol–water partition coefficient (Wildman–Crippen LogP) is 16.3. The summed E-state index contributed by atoms with van der Waals surface area (Å²) in [6, 6.07) is 51.7. The average Bonchev–Trinajstić information content (AvgIpc) is 3.84. The zero-order valence-electron chi connectivity index (χ0n) is 37.9. The first-order chi connectivity index (χ1) is 29.2. The van der Waals surface area contributed by atoms with E-state index in [1.807, 2.05) is 0 Å². The first-order valence-electron chi connectivity index (χ1n) is 23.5. The van der Waals surface area contributed by atoms with Gasteiger partial charge in [-0.05, 0) is 186 Å². The topological polar surface area (TPSA) is 6.48 Å². The van der Waals surface area contributed by atoms with E-state index in [0.717, 1.165) is 18.3 Å². The molecule has 61 heavy (non-hydrogen) atoms. The van der Waals surface area contributed by atoms with Crippen molar-refractivity contribution in [2.24, 2.45) is 22.7 Å². The first kappa shape index (κ1) is 38.8. The summed E-state index contributed by atoms with van der Waals surface area (Å²) in [5.74, 6) is 2.45. The highest BCUT2D eigenvalue weighted by Crippen LogP contribution is 2.62. The molecule has 2 heteroatoms. The molecule has 2 aliphatic heterocycles. The Bertz CT molecular complexity index is 2480. The highest BCUT2D eigenvalue weighted by Gasteiger charge is 2.54. The van der Waals surface area contributed by atoms with Crippen molar-refractivity contribution in [2.75, 3.05) is 9.80 Å². The third kappa shape index (κ3) is 6.09. The van der Waals surface area contributed by atoms with Gasteiger partial charge in [-0.2, -0.15) is 0 Å². The van der Waals surface area contributed by atoms with E-state index in [0.29, 0.717) is 22.7 Å². The summed E-state index contributed by atoms with van der Waals surface area (Å²) in [5, 5.41) is 0. The van der Waals surface area contributed by atoms with Gasteiger partial charge < -0.3 is 9.80 Å². The molecule has 0 aromatic heterocycles. The summed E-state index contributed by atoms with van der Waals surface area (Å²) < 4.78 is 0. The van der Waals surface area contributed by atoms with Gasteiger partial charge in [0.15, 0.2) is 0 Å². The Balaban J connectivity index is 0.912. The van der Waals surface area contributed by atoms with Gasteiger partial charge in [-0.1, -0.05) is 126 Å². The predicted molar refractivity (Wildman–Crippen MR) is 259 cm³/mol. The van der Waals surface area contributed by atoms with E-state index >= 15 is 0 Å². The highest BCUT2D eigenvalue weighted by molar-refractivity contribution is 5.85. The third-order valence-corrected chi connectivity index (χ3v) is 16.9. The van der Waals surface area contributed by atoms with E-state index < -0.39 is 0 Å². The minimum absolute atomic E-state index is 0.0758. The highest BCUT2D eigenvalue weighted by atomic mass is 15.2. The quantitative estimate of drug-likeness (QED) is 0.175. The molecule has 0 radical (unpaired) electrons. The number of benzene rings is 6. The standard InChI is InChI=1S/C59H64N2/c1-56(2,3)44-27-29-58(7)52(36-44)50-34-40(21-25-54(50)60(58)46-15-11-9-12-16-46)38-19-23-48-42(31-38)33-43-32-39(20-24-49(43)48)41-22-26-55-51(35-41)53-37-45(57(4,5)6)28-30-59(53,8)61(55)47-17-13-10-14-18-47/h9-26,31-32,34-35,44-45,52-53H,27-30,33,36-37H2,1-8H3. The molecule has 6 atom stereocenters.